The van der Waals surface area contributed by atoms with Gasteiger partial charge in [-0.15, -0.1) is 0 Å². The smallest absolute Gasteiger partial charge is 0.147 e. The second kappa shape index (κ2) is 10.9. The summed E-state index contributed by atoms with van der Waals surface area (Å²) in [5.41, 5.74) is 4.66. The van der Waals surface area contributed by atoms with Gasteiger partial charge in [-0.25, -0.2) is 4.98 Å². The van der Waals surface area contributed by atoms with Crippen molar-refractivity contribution in [2.24, 2.45) is 0 Å². The third-order valence-electron chi connectivity index (χ3n) is 6.66. The lowest BCUT2D eigenvalue weighted by molar-refractivity contribution is 0.286. The van der Waals surface area contributed by atoms with Crippen LogP contribution in [0, 0.1) is 6.92 Å². The third kappa shape index (κ3) is 5.23. The zero-order chi connectivity index (χ0) is 24.9. The van der Waals surface area contributed by atoms with Crippen molar-refractivity contribution < 1.29 is 9.47 Å². The topological polar surface area (TPSA) is 36.3 Å². The van der Waals surface area contributed by atoms with Crippen molar-refractivity contribution >= 4 is 21.8 Å². The lowest BCUT2D eigenvalue weighted by Gasteiger charge is -2.15. The first kappa shape index (κ1) is 23.9. The maximum atomic E-state index is 6.30. The molecule has 4 nitrogen and oxygen atoms in total. The molecule has 0 fully saturated rings. The van der Waals surface area contributed by atoms with Gasteiger partial charge in [-0.1, -0.05) is 74.5 Å². The van der Waals surface area contributed by atoms with Crippen LogP contribution >= 0.6 is 0 Å². The van der Waals surface area contributed by atoms with Crippen LogP contribution in [0.2, 0.25) is 0 Å². The molecular formula is C32H34N2O2. The van der Waals surface area contributed by atoms with Crippen molar-refractivity contribution in [3.8, 4) is 11.5 Å². The van der Waals surface area contributed by atoms with E-state index in [-0.39, 0.29) is 0 Å². The van der Waals surface area contributed by atoms with E-state index in [1.54, 1.807) is 0 Å². The molecular weight excluding hydrogens is 444 g/mol. The Morgan fingerprint density at radius 2 is 1.61 bits per heavy atom. The molecule has 36 heavy (non-hydrogen) atoms. The average Bonchev–Trinajstić information content (AvgIpc) is 3.24. The standard InChI is InChI=1S/C32H34N2O2/c1-23(2)26-18-17-24(3)21-31(26)35-20-9-8-19-34-29-15-7-6-14-28(29)33-32(34)22-36-30-16-10-12-25-11-4-5-13-27(25)30/h4-7,10-18,21,23H,8-9,19-20,22H2,1-3H3. The predicted molar refractivity (Wildman–Crippen MR) is 148 cm³/mol. The minimum Gasteiger partial charge on any atom is -0.493 e. The number of aryl methyl sites for hydroxylation is 2. The fourth-order valence-corrected chi connectivity index (χ4v) is 4.75. The Morgan fingerprint density at radius 1 is 0.806 bits per heavy atom. The first-order chi connectivity index (χ1) is 17.6. The monoisotopic (exact) mass is 478 g/mol. The molecule has 0 aliphatic rings. The number of imidazole rings is 1. The predicted octanol–water partition coefficient (Wildman–Crippen LogP) is 8.06. The Bertz CT molecular complexity index is 1460. The van der Waals surface area contributed by atoms with Crippen molar-refractivity contribution in [1.29, 1.82) is 0 Å². The van der Waals surface area contributed by atoms with Gasteiger partial charge in [0.15, 0.2) is 0 Å². The van der Waals surface area contributed by atoms with Gasteiger partial charge in [-0.05, 0) is 66.5 Å². The quantitative estimate of drug-likeness (QED) is 0.190. The Hall–Kier alpha value is -3.79. The number of para-hydroxylation sites is 2. The van der Waals surface area contributed by atoms with Gasteiger partial charge >= 0.3 is 0 Å². The number of ether oxygens (including phenoxy) is 2. The van der Waals surface area contributed by atoms with Crippen molar-refractivity contribution in [3.05, 3.63) is 102 Å². The summed E-state index contributed by atoms with van der Waals surface area (Å²) >= 11 is 0. The van der Waals surface area contributed by atoms with E-state index < -0.39 is 0 Å². The number of fused-ring (bicyclic) bond motifs is 2. The fraction of sp³-hybridized carbons (Fsp3) is 0.281. The first-order valence-corrected chi connectivity index (χ1v) is 12.9. The molecule has 1 heterocycles. The summed E-state index contributed by atoms with van der Waals surface area (Å²) in [4.78, 5) is 4.90. The van der Waals surface area contributed by atoms with Gasteiger partial charge in [0.25, 0.3) is 0 Å². The second-order valence-corrected chi connectivity index (χ2v) is 9.69. The van der Waals surface area contributed by atoms with E-state index in [1.165, 1.54) is 16.5 Å². The molecule has 0 aliphatic carbocycles. The van der Waals surface area contributed by atoms with Crippen LogP contribution in [0.4, 0.5) is 0 Å². The van der Waals surface area contributed by atoms with E-state index in [1.807, 2.05) is 24.3 Å². The van der Waals surface area contributed by atoms with E-state index in [4.69, 9.17) is 14.5 Å². The van der Waals surface area contributed by atoms with E-state index >= 15 is 0 Å². The molecule has 0 spiro atoms. The maximum absolute atomic E-state index is 6.30. The largest absolute Gasteiger partial charge is 0.493 e. The van der Waals surface area contributed by atoms with Crippen LogP contribution in [0.3, 0.4) is 0 Å². The number of nitrogens with zero attached hydrogens (tertiary/aromatic N) is 2. The molecule has 1 aromatic heterocycles. The molecule has 0 atom stereocenters. The molecule has 5 aromatic rings. The van der Waals surface area contributed by atoms with Gasteiger partial charge in [0.1, 0.15) is 23.9 Å². The molecule has 184 valence electrons. The molecule has 0 saturated carbocycles. The van der Waals surface area contributed by atoms with Gasteiger partial charge in [-0.3, -0.25) is 0 Å². The highest BCUT2D eigenvalue weighted by molar-refractivity contribution is 5.88. The third-order valence-corrected chi connectivity index (χ3v) is 6.66. The van der Waals surface area contributed by atoms with Crippen molar-refractivity contribution in [2.75, 3.05) is 6.61 Å². The Labute approximate surface area is 213 Å². The summed E-state index contributed by atoms with van der Waals surface area (Å²) in [5.74, 6) is 3.30. The van der Waals surface area contributed by atoms with Crippen molar-refractivity contribution in [1.82, 2.24) is 9.55 Å². The first-order valence-electron chi connectivity index (χ1n) is 12.9. The van der Waals surface area contributed by atoms with Gasteiger partial charge in [0.2, 0.25) is 0 Å². The lowest BCUT2D eigenvalue weighted by atomic mass is 10.0. The highest BCUT2D eigenvalue weighted by Gasteiger charge is 2.12. The van der Waals surface area contributed by atoms with Crippen LogP contribution in [0.25, 0.3) is 21.8 Å². The zero-order valence-corrected chi connectivity index (χ0v) is 21.4. The van der Waals surface area contributed by atoms with Gasteiger partial charge in [0.05, 0.1) is 17.6 Å². The summed E-state index contributed by atoms with van der Waals surface area (Å²) in [6, 6.07) is 29.3. The van der Waals surface area contributed by atoms with E-state index in [9.17, 15) is 0 Å². The molecule has 5 rings (SSSR count). The zero-order valence-electron chi connectivity index (χ0n) is 21.4. The summed E-state index contributed by atoms with van der Waals surface area (Å²) < 4.78 is 14.8. The molecule has 0 amide bonds. The molecule has 4 aromatic carbocycles. The molecule has 0 saturated heterocycles. The van der Waals surface area contributed by atoms with Crippen LogP contribution in [0.5, 0.6) is 11.5 Å². The molecule has 0 N–H and O–H groups in total. The minimum absolute atomic E-state index is 0.431. The molecule has 0 aliphatic heterocycles. The van der Waals surface area contributed by atoms with Gasteiger partial charge < -0.3 is 14.0 Å². The van der Waals surface area contributed by atoms with Gasteiger partial charge in [0, 0.05) is 11.9 Å². The number of aromatic nitrogens is 2. The van der Waals surface area contributed by atoms with Crippen LogP contribution < -0.4 is 9.47 Å². The summed E-state index contributed by atoms with van der Waals surface area (Å²) in [5, 5.41) is 2.30. The van der Waals surface area contributed by atoms with E-state index in [2.05, 4.69) is 86.0 Å². The maximum Gasteiger partial charge on any atom is 0.147 e. The van der Waals surface area contributed by atoms with Gasteiger partial charge in [-0.2, -0.15) is 0 Å². The van der Waals surface area contributed by atoms with Crippen molar-refractivity contribution in [2.45, 2.75) is 52.7 Å². The highest BCUT2D eigenvalue weighted by Crippen LogP contribution is 2.28. The van der Waals surface area contributed by atoms with Crippen LogP contribution in [0.1, 0.15) is 49.6 Å². The summed E-state index contributed by atoms with van der Waals surface area (Å²) in [7, 11) is 0. The van der Waals surface area contributed by atoms with E-state index in [0.717, 1.165) is 53.1 Å². The Kier molecular flexibility index (Phi) is 7.22. The van der Waals surface area contributed by atoms with Crippen molar-refractivity contribution in [3.63, 3.8) is 0 Å². The number of hydrogen-bond acceptors (Lipinski definition) is 3. The second-order valence-electron chi connectivity index (χ2n) is 9.69. The molecule has 0 radical (unpaired) electrons. The normalized spacial score (nSPS) is 11.4. The van der Waals surface area contributed by atoms with Crippen LogP contribution in [-0.2, 0) is 13.2 Å². The lowest BCUT2D eigenvalue weighted by Crippen LogP contribution is -2.09. The highest BCUT2D eigenvalue weighted by atomic mass is 16.5. The Morgan fingerprint density at radius 3 is 2.50 bits per heavy atom. The fourth-order valence-electron chi connectivity index (χ4n) is 4.75. The number of benzene rings is 4. The van der Waals surface area contributed by atoms with Crippen LogP contribution in [0.15, 0.2) is 84.9 Å². The SMILES string of the molecule is Cc1ccc(C(C)C)c(OCCCCn2c(COc3cccc4ccccc34)nc3ccccc32)c1. The minimum atomic E-state index is 0.431. The Balaban J connectivity index is 1.26. The molecule has 4 heteroatoms. The average molecular weight is 479 g/mol. The van der Waals surface area contributed by atoms with Crippen LogP contribution in [-0.4, -0.2) is 16.2 Å². The molecule has 0 unspecified atom stereocenters. The number of hydrogen-bond donors (Lipinski definition) is 0. The molecule has 0 bridgehead atoms. The number of unbranched alkanes of at least 4 members (excludes halogenated alkanes) is 1. The number of rotatable bonds is 10. The summed E-state index contributed by atoms with van der Waals surface area (Å²) in [6.45, 7) is 8.55. The summed E-state index contributed by atoms with van der Waals surface area (Å²) in [6.07, 6.45) is 1.98. The van der Waals surface area contributed by atoms with E-state index in [0.29, 0.717) is 19.1 Å².